The molecule has 1 aliphatic rings. The molecular weight excluding hydrogens is 1010 g/mol. The number of carbonyl (C=O) groups excluding carboxylic acids is 11. The van der Waals surface area contributed by atoms with Crippen LogP contribution in [0.1, 0.15) is 144 Å². The molecule has 0 saturated heterocycles. The van der Waals surface area contributed by atoms with Gasteiger partial charge < -0.3 is 31.9 Å². The van der Waals surface area contributed by atoms with Crippen LogP contribution in [-0.2, 0) is 43.2 Å². The quantitative estimate of drug-likeness (QED) is 0.0198. The summed E-state index contributed by atoms with van der Waals surface area (Å²) < 4.78 is 0. The molecule has 2 rings (SSSR count). The van der Waals surface area contributed by atoms with Crippen molar-refractivity contribution in [3.05, 3.63) is 47.5 Å². The summed E-state index contributed by atoms with van der Waals surface area (Å²) in [4.78, 5) is 138. The topological polar surface area (TPSA) is 334 Å². The smallest absolute Gasteiger partial charge is 0.253 e. The Bertz CT molecular complexity index is 2090. The van der Waals surface area contributed by atoms with Crippen molar-refractivity contribution >= 4 is 76.7 Å². The van der Waals surface area contributed by atoms with Gasteiger partial charge in [-0.05, 0) is 113 Å². The average Bonchev–Trinajstić information content (AvgIpc) is 3.73. The lowest BCUT2D eigenvalue weighted by Crippen LogP contribution is -2.56. The first-order valence-corrected chi connectivity index (χ1v) is 27.5. The maximum atomic E-state index is 13.6. The molecule has 1 aliphatic heterocycles. The summed E-state index contributed by atoms with van der Waals surface area (Å²) in [6, 6.07) is 3.98. The SMILES string of the molecule is CC[C@H](C)[C@H](NC(=O)[C@H](CCCSC)NC(=O)c1ccc(C(=O)NCCCCCN(O)C(=O)CCC(=O)NCCCCCN(O)C(=O)CCC(=O)NCCCCCN(O)C(C)=O)cc1)C(=O)NCCN1C(=O)C=CC1=O. The molecular formula is C51H80N10O14S. The van der Waals surface area contributed by atoms with E-state index in [1.54, 1.807) is 18.7 Å². The third-order valence-electron chi connectivity index (χ3n) is 12.3. The third-order valence-corrected chi connectivity index (χ3v) is 13.0. The number of thioether (sulfide) groups is 1. The number of hydrogen-bond donors (Lipinski definition) is 9. The van der Waals surface area contributed by atoms with Crippen molar-refractivity contribution in [2.24, 2.45) is 5.92 Å². The van der Waals surface area contributed by atoms with E-state index in [2.05, 4.69) is 31.9 Å². The number of imide groups is 1. The average molecular weight is 1090 g/mol. The fourth-order valence-corrected chi connectivity index (χ4v) is 7.91. The molecule has 3 atom stereocenters. The number of carbonyl (C=O) groups is 11. The Labute approximate surface area is 449 Å². The first-order valence-electron chi connectivity index (χ1n) is 26.1. The first kappa shape index (κ1) is 65.7. The van der Waals surface area contributed by atoms with Crippen molar-refractivity contribution in [3.63, 3.8) is 0 Å². The maximum absolute atomic E-state index is 13.6. The highest BCUT2D eigenvalue weighted by atomic mass is 32.2. The minimum atomic E-state index is -0.975. The largest absolute Gasteiger partial charge is 0.356 e. The number of benzene rings is 1. The molecule has 24 nitrogen and oxygen atoms in total. The van der Waals surface area contributed by atoms with E-state index in [0.717, 1.165) is 22.8 Å². The fourth-order valence-electron chi connectivity index (χ4n) is 7.46. The second kappa shape index (κ2) is 37.3. The number of nitrogens with zero attached hydrogens (tertiary/aromatic N) is 4. The standard InChI is InChI=1S/C51H80N10O14S/c1-5-36(2)47(51(72)55-30-34-58-43(65)25-26-44(58)66)57-50(71)40(16-15-35-76-4)56-49(70)39-19-17-38(18-20-39)48(69)54-29-11-8-14-33-61(75)46(68)24-22-42(64)53-28-10-7-13-32-60(74)45(67)23-21-41(63)52-27-9-6-12-31-59(73)37(3)62/h17-20,25-26,36,40,47,73-75H,5-16,21-24,27-35H2,1-4H3,(H,52,63)(H,53,64)(H,54,69)(H,55,72)(H,56,70)(H,57,71)/t36-,40-,47-/m0/s1. The lowest BCUT2D eigenvalue weighted by atomic mass is 9.97. The van der Waals surface area contributed by atoms with E-state index in [0.29, 0.717) is 117 Å². The number of hydroxylamine groups is 6. The number of nitrogens with one attached hydrogen (secondary N) is 6. The molecule has 1 aromatic carbocycles. The van der Waals surface area contributed by atoms with Gasteiger partial charge >= 0.3 is 0 Å². The van der Waals surface area contributed by atoms with Gasteiger partial charge in [-0.1, -0.05) is 20.3 Å². The Balaban J connectivity index is 1.63. The second-order valence-electron chi connectivity index (χ2n) is 18.4. The summed E-state index contributed by atoms with van der Waals surface area (Å²) in [6.45, 7) is 6.20. The predicted octanol–water partition coefficient (Wildman–Crippen LogP) is 2.21. The lowest BCUT2D eigenvalue weighted by Gasteiger charge is -2.27. The predicted molar refractivity (Wildman–Crippen MR) is 280 cm³/mol. The Kier molecular flexibility index (Phi) is 32.3. The van der Waals surface area contributed by atoms with E-state index in [1.807, 2.05) is 13.2 Å². The van der Waals surface area contributed by atoms with Crippen molar-refractivity contribution in [2.45, 2.75) is 136 Å². The number of unbranched alkanes of at least 4 members (excludes halogenated alkanes) is 6. The molecule has 0 aromatic heterocycles. The van der Waals surface area contributed by atoms with Crippen LogP contribution < -0.4 is 31.9 Å². The van der Waals surface area contributed by atoms with Crippen LogP contribution in [0.3, 0.4) is 0 Å². The van der Waals surface area contributed by atoms with Crippen LogP contribution in [0.25, 0.3) is 0 Å². The molecule has 9 N–H and O–H groups in total. The third kappa shape index (κ3) is 26.4. The van der Waals surface area contributed by atoms with E-state index in [-0.39, 0.29) is 87.6 Å². The van der Waals surface area contributed by atoms with Gasteiger partial charge in [0.1, 0.15) is 12.1 Å². The lowest BCUT2D eigenvalue weighted by molar-refractivity contribution is -0.166. The normalized spacial score (nSPS) is 13.0. The van der Waals surface area contributed by atoms with Crippen LogP contribution in [0.5, 0.6) is 0 Å². The molecule has 0 aliphatic carbocycles. The van der Waals surface area contributed by atoms with Gasteiger partial charge in [0.2, 0.25) is 41.4 Å². The zero-order valence-electron chi connectivity index (χ0n) is 44.4. The van der Waals surface area contributed by atoms with Crippen LogP contribution in [0, 0.1) is 5.92 Å². The van der Waals surface area contributed by atoms with E-state index in [4.69, 9.17) is 0 Å². The van der Waals surface area contributed by atoms with E-state index < -0.39 is 59.3 Å². The van der Waals surface area contributed by atoms with Crippen molar-refractivity contribution in [1.29, 1.82) is 0 Å². The minimum Gasteiger partial charge on any atom is -0.356 e. The Morgan fingerprint density at radius 2 is 1.05 bits per heavy atom. The highest BCUT2D eigenvalue weighted by molar-refractivity contribution is 7.98. The Hall–Kier alpha value is -6.44. The minimum absolute atomic E-state index is 0.00676. The molecule has 0 spiro atoms. The molecule has 76 heavy (non-hydrogen) atoms. The van der Waals surface area contributed by atoms with Gasteiger partial charge in [-0.25, -0.2) is 15.2 Å². The van der Waals surface area contributed by atoms with Crippen LogP contribution in [0.2, 0.25) is 0 Å². The summed E-state index contributed by atoms with van der Waals surface area (Å²) in [5.41, 5.74) is 0.502. The van der Waals surface area contributed by atoms with Crippen molar-refractivity contribution in [1.82, 2.24) is 52.0 Å². The van der Waals surface area contributed by atoms with Crippen LogP contribution in [-0.4, -0.2) is 177 Å². The molecule has 25 heteroatoms. The monoisotopic (exact) mass is 1090 g/mol. The first-order chi connectivity index (χ1) is 36.3. The van der Waals surface area contributed by atoms with Gasteiger partial charge in [-0.2, -0.15) is 11.8 Å². The summed E-state index contributed by atoms with van der Waals surface area (Å²) in [6.07, 6.45) is 10.2. The number of rotatable bonds is 39. The number of amides is 11. The highest BCUT2D eigenvalue weighted by Gasteiger charge is 2.31. The Morgan fingerprint density at radius 1 is 0.579 bits per heavy atom. The van der Waals surface area contributed by atoms with Gasteiger partial charge in [0, 0.05) is 108 Å². The summed E-state index contributed by atoms with van der Waals surface area (Å²) in [5, 5.41) is 47.8. The van der Waals surface area contributed by atoms with Crippen LogP contribution >= 0.6 is 11.8 Å². The molecule has 1 aromatic rings. The van der Waals surface area contributed by atoms with Gasteiger partial charge in [0.05, 0.1) is 0 Å². The fraction of sp³-hybridized carbons (Fsp3) is 0.627. The maximum Gasteiger partial charge on any atom is 0.253 e. The molecule has 0 saturated carbocycles. The van der Waals surface area contributed by atoms with Gasteiger partial charge in [-0.3, -0.25) is 73.3 Å². The zero-order chi connectivity index (χ0) is 56.4. The molecule has 0 bridgehead atoms. The number of hydrogen-bond acceptors (Lipinski definition) is 15. The van der Waals surface area contributed by atoms with E-state index in [1.165, 1.54) is 31.2 Å². The van der Waals surface area contributed by atoms with Crippen molar-refractivity contribution in [3.8, 4) is 0 Å². The molecule has 0 fully saturated rings. The molecule has 0 unspecified atom stereocenters. The molecule has 424 valence electrons. The molecule has 1 heterocycles. The summed E-state index contributed by atoms with van der Waals surface area (Å²) in [7, 11) is 0. The highest BCUT2D eigenvalue weighted by Crippen LogP contribution is 2.13. The van der Waals surface area contributed by atoms with E-state index in [9.17, 15) is 68.4 Å². The summed E-state index contributed by atoms with van der Waals surface area (Å²) in [5.74, 6) is -4.80. The van der Waals surface area contributed by atoms with Crippen LogP contribution in [0.15, 0.2) is 36.4 Å². The summed E-state index contributed by atoms with van der Waals surface area (Å²) >= 11 is 1.58. The zero-order valence-corrected chi connectivity index (χ0v) is 45.2. The molecule has 11 amide bonds. The van der Waals surface area contributed by atoms with Gasteiger partial charge in [0.15, 0.2) is 0 Å². The Morgan fingerprint density at radius 3 is 1.53 bits per heavy atom. The van der Waals surface area contributed by atoms with Crippen molar-refractivity contribution < 1.29 is 68.4 Å². The van der Waals surface area contributed by atoms with Crippen LogP contribution in [0.4, 0.5) is 0 Å². The van der Waals surface area contributed by atoms with Crippen molar-refractivity contribution in [2.75, 3.05) is 64.4 Å². The van der Waals surface area contributed by atoms with Gasteiger partial charge in [0.25, 0.3) is 23.6 Å². The van der Waals surface area contributed by atoms with Gasteiger partial charge in [-0.15, -0.1) is 0 Å². The van der Waals surface area contributed by atoms with E-state index >= 15 is 0 Å². The molecule has 0 radical (unpaired) electrons. The second-order valence-corrected chi connectivity index (χ2v) is 19.4.